The molecule has 0 fully saturated rings. The molecule has 3 rings (SSSR count). The molecule has 1 aromatic heterocycles. The first kappa shape index (κ1) is 20.3. The van der Waals surface area contributed by atoms with Crippen molar-refractivity contribution in [3.05, 3.63) is 65.4 Å². The van der Waals surface area contributed by atoms with Crippen LogP contribution in [0.2, 0.25) is 0 Å². The summed E-state index contributed by atoms with van der Waals surface area (Å²) in [7, 11) is 2.02. The van der Waals surface area contributed by atoms with Crippen LogP contribution < -0.4 is 4.68 Å². The zero-order chi connectivity index (χ0) is 20.6. The second kappa shape index (κ2) is 7.54. The van der Waals surface area contributed by atoms with E-state index in [9.17, 15) is 0 Å². The van der Waals surface area contributed by atoms with E-state index in [-0.39, 0.29) is 5.41 Å². The maximum atomic E-state index is 4.85. The van der Waals surface area contributed by atoms with E-state index in [0.717, 1.165) is 5.69 Å². The molecular formula is C25H34N3+. The van der Waals surface area contributed by atoms with Gasteiger partial charge in [-0.05, 0) is 22.8 Å². The Morgan fingerprint density at radius 2 is 1.39 bits per heavy atom. The van der Waals surface area contributed by atoms with Crippen LogP contribution in [0.1, 0.15) is 77.0 Å². The van der Waals surface area contributed by atoms with Crippen molar-refractivity contribution >= 4 is 0 Å². The summed E-state index contributed by atoms with van der Waals surface area (Å²) in [6.45, 7) is 15.7. The molecule has 2 aromatic carbocycles. The monoisotopic (exact) mass is 376 g/mol. The number of nitrogens with zero attached hydrogens (tertiary/aromatic N) is 3. The summed E-state index contributed by atoms with van der Waals surface area (Å²) in [5.41, 5.74) is 7.71. The third-order valence-electron chi connectivity index (χ3n) is 5.44. The highest BCUT2D eigenvalue weighted by Gasteiger charge is 2.24. The number of hydrogen-bond donors (Lipinski definition) is 0. The predicted molar refractivity (Wildman–Crippen MR) is 117 cm³/mol. The predicted octanol–water partition coefficient (Wildman–Crippen LogP) is 5.91. The van der Waals surface area contributed by atoms with Crippen molar-refractivity contribution in [2.45, 2.75) is 65.7 Å². The summed E-state index contributed by atoms with van der Waals surface area (Å²) < 4.78 is 4.05. The van der Waals surface area contributed by atoms with E-state index in [0.29, 0.717) is 11.8 Å². The fourth-order valence-corrected chi connectivity index (χ4v) is 3.71. The molecule has 0 atom stereocenters. The van der Waals surface area contributed by atoms with Gasteiger partial charge >= 0.3 is 0 Å². The fourth-order valence-electron chi connectivity index (χ4n) is 3.71. The Kier molecular flexibility index (Phi) is 5.47. The molecule has 0 aliphatic carbocycles. The Morgan fingerprint density at radius 3 is 1.86 bits per heavy atom. The quantitative estimate of drug-likeness (QED) is 0.519. The summed E-state index contributed by atoms with van der Waals surface area (Å²) in [5.74, 6) is 0.885. The average Bonchev–Trinajstić information content (AvgIpc) is 3.01. The highest BCUT2D eigenvalue weighted by molar-refractivity contribution is 5.58. The molecule has 0 saturated heterocycles. The third-order valence-corrected chi connectivity index (χ3v) is 5.44. The molecule has 0 unspecified atom stereocenters. The first-order chi connectivity index (χ1) is 13.1. The molecule has 0 bridgehead atoms. The molecule has 0 aliphatic rings. The van der Waals surface area contributed by atoms with Crippen molar-refractivity contribution in [2.24, 2.45) is 7.05 Å². The number of hydrogen-bond acceptors (Lipinski definition) is 1. The Balaban J connectivity index is 2.11. The highest BCUT2D eigenvalue weighted by Crippen LogP contribution is 2.29. The fraction of sp³-hybridized carbons (Fsp3) is 0.440. The topological polar surface area (TPSA) is 21.7 Å². The maximum Gasteiger partial charge on any atom is 0.197 e. The second-order valence-corrected chi connectivity index (χ2v) is 9.39. The van der Waals surface area contributed by atoms with Crippen LogP contribution in [0.3, 0.4) is 0 Å². The normalized spacial score (nSPS) is 12.2. The SMILES string of the molecule is CC(C)c1cccc(C(C)C)c1-[n+]1cc(-c2ccc(C(C)(C)C)cc2)n(C)n1. The molecule has 0 amide bonds. The molecule has 1 heterocycles. The van der Waals surface area contributed by atoms with Gasteiger partial charge in [-0.1, -0.05) is 90.9 Å². The van der Waals surface area contributed by atoms with Gasteiger partial charge in [0.2, 0.25) is 0 Å². The molecule has 28 heavy (non-hydrogen) atoms. The van der Waals surface area contributed by atoms with Gasteiger partial charge in [-0.25, -0.2) is 0 Å². The zero-order valence-corrected chi connectivity index (χ0v) is 18.6. The smallest absolute Gasteiger partial charge is 0.132 e. The number of benzene rings is 2. The van der Waals surface area contributed by atoms with Gasteiger partial charge in [-0.15, -0.1) is 9.36 Å². The molecule has 3 nitrogen and oxygen atoms in total. The van der Waals surface area contributed by atoms with E-state index in [1.807, 2.05) is 11.7 Å². The van der Waals surface area contributed by atoms with Gasteiger partial charge in [0, 0.05) is 16.7 Å². The Labute approximate surface area is 170 Å². The number of rotatable bonds is 4. The maximum absolute atomic E-state index is 4.85. The Bertz CT molecular complexity index is 928. The average molecular weight is 377 g/mol. The zero-order valence-electron chi connectivity index (χ0n) is 18.6. The third kappa shape index (κ3) is 3.89. The van der Waals surface area contributed by atoms with Crippen molar-refractivity contribution in [1.29, 1.82) is 0 Å². The first-order valence-electron chi connectivity index (χ1n) is 10.3. The van der Waals surface area contributed by atoms with E-state index in [1.165, 1.54) is 27.9 Å². The van der Waals surface area contributed by atoms with E-state index in [4.69, 9.17) is 5.21 Å². The minimum atomic E-state index is 0.160. The summed E-state index contributed by atoms with van der Waals surface area (Å²) in [6.07, 6.45) is 2.17. The minimum absolute atomic E-state index is 0.160. The van der Waals surface area contributed by atoms with Crippen LogP contribution in [0.5, 0.6) is 0 Å². The van der Waals surface area contributed by atoms with Gasteiger partial charge in [0.15, 0.2) is 17.6 Å². The van der Waals surface area contributed by atoms with Crippen LogP contribution in [0, 0.1) is 0 Å². The largest absolute Gasteiger partial charge is 0.197 e. The lowest BCUT2D eigenvalue weighted by atomic mass is 9.86. The lowest BCUT2D eigenvalue weighted by Gasteiger charge is -2.18. The number of para-hydroxylation sites is 1. The summed E-state index contributed by atoms with van der Waals surface area (Å²) >= 11 is 0. The van der Waals surface area contributed by atoms with Crippen LogP contribution in [0.25, 0.3) is 16.9 Å². The van der Waals surface area contributed by atoms with Crippen molar-refractivity contribution in [1.82, 2.24) is 9.90 Å². The number of aryl methyl sites for hydroxylation is 1. The summed E-state index contributed by atoms with van der Waals surface area (Å²) in [5, 5.41) is 4.85. The van der Waals surface area contributed by atoms with Crippen molar-refractivity contribution < 1.29 is 4.68 Å². The van der Waals surface area contributed by atoms with Crippen LogP contribution in [-0.2, 0) is 12.5 Å². The van der Waals surface area contributed by atoms with E-state index < -0.39 is 0 Å². The van der Waals surface area contributed by atoms with Crippen LogP contribution in [0.15, 0.2) is 48.7 Å². The second-order valence-electron chi connectivity index (χ2n) is 9.39. The molecule has 0 radical (unpaired) electrons. The van der Waals surface area contributed by atoms with Gasteiger partial charge in [0.05, 0.1) is 5.21 Å². The van der Waals surface area contributed by atoms with Gasteiger partial charge < -0.3 is 0 Å². The van der Waals surface area contributed by atoms with Gasteiger partial charge in [-0.3, -0.25) is 0 Å². The molecule has 0 N–H and O–H groups in total. The molecule has 0 aliphatic heterocycles. The summed E-state index contributed by atoms with van der Waals surface area (Å²) in [6, 6.07) is 15.5. The van der Waals surface area contributed by atoms with Crippen LogP contribution >= 0.6 is 0 Å². The van der Waals surface area contributed by atoms with Gasteiger partial charge in [0.1, 0.15) is 7.05 Å². The standard InChI is InChI=1S/C25H34N3/c1-17(2)21-10-9-11-22(18(3)4)24(21)28-16-23(27(8)26-28)19-12-14-20(15-13-19)25(5,6)7/h9-18H,1-8H3/q+1. The highest BCUT2D eigenvalue weighted by atomic mass is 15.5. The molecule has 148 valence electrons. The van der Waals surface area contributed by atoms with E-state index in [1.54, 1.807) is 0 Å². The van der Waals surface area contributed by atoms with E-state index in [2.05, 4.69) is 102 Å². The van der Waals surface area contributed by atoms with Gasteiger partial charge in [-0.2, -0.15) is 0 Å². The van der Waals surface area contributed by atoms with E-state index >= 15 is 0 Å². The van der Waals surface area contributed by atoms with Gasteiger partial charge in [0.25, 0.3) is 0 Å². The molecule has 0 spiro atoms. The lowest BCUT2D eigenvalue weighted by Crippen LogP contribution is -2.36. The minimum Gasteiger partial charge on any atom is -0.132 e. The van der Waals surface area contributed by atoms with Crippen molar-refractivity contribution in [2.75, 3.05) is 0 Å². The molecular weight excluding hydrogens is 342 g/mol. The van der Waals surface area contributed by atoms with Crippen molar-refractivity contribution in [3.8, 4) is 16.9 Å². The first-order valence-corrected chi connectivity index (χ1v) is 10.3. The lowest BCUT2D eigenvalue weighted by molar-refractivity contribution is -0.662. The molecule has 0 saturated carbocycles. The molecule has 3 aromatic rings. The Morgan fingerprint density at radius 1 is 0.857 bits per heavy atom. The Hall–Kier alpha value is -2.42. The number of aromatic nitrogens is 3. The molecule has 3 heteroatoms. The summed E-state index contributed by atoms with van der Waals surface area (Å²) in [4.78, 5) is 0. The van der Waals surface area contributed by atoms with Crippen molar-refractivity contribution in [3.63, 3.8) is 0 Å². The van der Waals surface area contributed by atoms with Crippen LogP contribution in [-0.4, -0.2) is 9.90 Å². The van der Waals surface area contributed by atoms with Crippen LogP contribution in [0.4, 0.5) is 0 Å².